The standard InChI is InChI=1S/C28H32FN3O4/c1-16(2)13-23(32-12-11-17(3)14-24(32)33)28(36)31-22(15-25(34)35)21-10-9-20(29)27(30-21)26-18(4)7-6-8-19(26)5/h6-12,14,16,22-23H,13,15H2,1-5H3,(H,31,36)(H,34,35). The number of aryl methyl sites for hydroxylation is 3. The number of carbonyl (C=O) groups excluding carboxylic acids is 1. The lowest BCUT2D eigenvalue weighted by Crippen LogP contribution is -2.40. The summed E-state index contributed by atoms with van der Waals surface area (Å²) in [5.74, 6) is -2.10. The van der Waals surface area contributed by atoms with Crippen LogP contribution in [0.3, 0.4) is 0 Å². The summed E-state index contributed by atoms with van der Waals surface area (Å²) < 4.78 is 16.2. The number of aliphatic carboxylic acids is 1. The fourth-order valence-electron chi connectivity index (χ4n) is 4.33. The number of carboxylic acid groups (broad SMARTS) is 1. The average molecular weight is 494 g/mol. The minimum absolute atomic E-state index is 0.0893. The van der Waals surface area contributed by atoms with E-state index in [2.05, 4.69) is 10.3 Å². The van der Waals surface area contributed by atoms with Crippen LogP contribution in [0.2, 0.25) is 0 Å². The summed E-state index contributed by atoms with van der Waals surface area (Å²) in [5.41, 5.74) is 3.06. The van der Waals surface area contributed by atoms with Crippen LogP contribution in [-0.2, 0) is 9.59 Å². The third-order valence-electron chi connectivity index (χ3n) is 6.07. The van der Waals surface area contributed by atoms with Crippen molar-refractivity contribution < 1.29 is 19.1 Å². The Morgan fingerprint density at radius 1 is 1.08 bits per heavy atom. The molecule has 2 unspecified atom stereocenters. The van der Waals surface area contributed by atoms with E-state index >= 15 is 0 Å². The van der Waals surface area contributed by atoms with Crippen molar-refractivity contribution in [1.29, 1.82) is 0 Å². The third kappa shape index (κ3) is 6.24. The Kier molecular flexibility index (Phi) is 8.40. The fourth-order valence-corrected chi connectivity index (χ4v) is 4.33. The summed E-state index contributed by atoms with van der Waals surface area (Å²) in [4.78, 5) is 42.3. The van der Waals surface area contributed by atoms with Crippen molar-refractivity contribution in [2.24, 2.45) is 5.92 Å². The van der Waals surface area contributed by atoms with E-state index in [0.717, 1.165) is 16.7 Å². The maximum atomic E-state index is 14.9. The lowest BCUT2D eigenvalue weighted by Gasteiger charge is -2.25. The van der Waals surface area contributed by atoms with Gasteiger partial charge in [-0.15, -0.1) is 0 Å². The molecule has 0 aliphatic heterocycles. The van der Waals surface area contributed by atoms with Gasteiger partial charge in [-0.1, -0.05) is 32.0 Å². The number of nitrogens with zero attached hydrogens (tertiary/aromatic N) is 2. The van der Waals surface area contributed by atoms with Crippen LogP contribution in [0.5, 0.6) is 0 Å². The van der Waals surface area contributed by atoms with Crippen LogP contribution >= 0.6 is 0 Å². The van der Waals surface area contributed by atoms with Gasteiger partial charge in [0.05, 0.1) is 18.2 Å². The summed E-state index contributed by atoms with van der Waals surface area (Å²) in [5, 5.41) is 12.3. The molecule has 2 atom stereocenters. The quantitative estimate of drug-likeness (QED) is 0.442. The number of nitrogens with one attached hydrogen (secondary N) is 1. The Morgan fingerprint density at radius 3 is 2.33 bits per heavy atom. The van der Waals surface area contributed by atoms with Crippen molar-refractivity contribution in [1.82, 2.24) is 14.9 Å². The van der Waals surface area contributed by atoms with Gasteiger partial charge < -0.3 is 15.0 Å². The molecule has 36 heavy (non-hydrogen) atoms. The Balaban J connectivity index is 2.02. The maximum absolute atomic E-state index is 14.9. The van der Waals surface area contributed by atoms with Gasteiger partial charge >= 0.3 is 5.97 Å². The molecule has 3 rings (SSSR count). The summed E-state index contributed by atoms with van der Waals surface area (Å²) in [6, 6.07) is 9.53. The zero-order valence-corrected chi connectivity index (χ0v) is 21.2. The lowest BCUT2D eigenvalue weighted by atomic mass is 9.98. The van der Waals surface area contributed by atoms with Crippen LogP contribution in [-0.4, -0.2) is 26.5 Å². The topological polar surface area (TPSA) is 101 Å². The summed E-state index contributed by atoms with van der Waals surface area (Å²) in [6.07, 6.45) is 1.50. The number of rotatable bonds is 9. The van der Waals surface area contributed by atoms with Crippen LogP contribution < -0.4 is 10.9 Å². The first-order valence-corrected chi connectivity index (χ1v) is 11.9. The number of hydrogen-bond acceptors (Lipinski definition) is 4. The number of carboxylic acids is 1. The van der Waals surface area contributed by atoms with Crippen LogP contribution in [0.1, 0.15) is 61.2 Å². The van der Waals surface area contributed by atoms with Crippen molar-refractivity contribution in [2.75, 3.05) is 0 Å². The number of halogens is 1. The predicted octanol–water partition coefficient (Wildman–Crippen LogP) is 4.89. The molecule has 0 fully saturated rings. The van der Waals surface area contributed by atoms with E-state index in [1.54, 1.807) is 19.2 Å². The molecule has 0 aliphatic rings. The largest absolute Gasteiger partial charge is 0.481 e. The maximum Gasteiger partial charge on any atom is 0.305 e. The van der Waals surface area contributed by atoms with Crippen molar-refractivity contribution >= 4 is 11.9 Å². The highest BCUT2D eigenvalue weighted by Gasteiger charge is 2.28. The van der Waals surface area contributed by atoms with E-state index < -0.39 is 36.2 Å². The Bertz CT molecular complexity index is 1310. The van der Waals surface area contributed by atoms with Crippen molar-refractivity contribution in [3.05, 3.63) is 87.2 Å². The van der Waals surface area contributed by atoms with Gasteiger partial charge in [-0.05, 0) is 68.0 Å². The van der Waals surface area contributed by atoms with Gasteiger partial charge in [-0.25, -0.2) is 9.37 Å². The molecule has 8 heteroatoms. The Hall–Kier alpha value is -3.81. The molecule has 0 saturated carbocycles. The highest BCUT2D eigenvalue weighted by Crippen LogP contribution is 2.30. The zero-order valence-electron chi connectivity index (χ0n) is 21.2. The molecule has 2 aromatic heterocycles. The smallest absolute Gasteiger partial charge is 0.305 e. The van der Waals surface area contributed by atoms with Crippen molar-refractivity contribution in [2.45, 2.75) is 59.5 Å². The molecule has 1 amide bonds. The number of aromatic nitrogens is 2. The molecule has 2 N–H and O–H groups in total. The SMILES string of the molecule is Cc1ccn(C(CC(C)C)C(=O)NC(CC(=O)O)c2ccc(F)c(-c3c(C)cccc3C)n2)c(=O)c1. The number of carbonyl (C=O) groups is 2. The van der Waals surface area contributed by atoms with E-state index in [4.69, 9.17) is 0 Å². The number of benzene rings is 1. The molecule has 1 aromatic carbocycles. The monoisotopic (exact) mass is 493 g/mol. The molecule has 0 bridgehead atoms. The van der Waals surface area contributed by atoms with Crippen LogP contribution in [0.15, 0.2) is 53.5 Å². The van der Waals surface area contributed by atoms with E-state index in [1.807, 2.05) is 45.9 Å². The zero-order chi connectivity index (χ0) is 26.6. The van der Waals surface area contributed by atoms with Crippen molar-refractivity contribution in [3.8, 4) is 11.3 Å². The molecular weight excluding hydrogens is 461 g/mol. The van der Waals surface area contributed by atoms with Crippen molar-refractivity contribution in [3.63, 3.8) is 0 Å². The van der Waals surface area contributed by atoms with Gasteiger partial charge in [-0.3, -0.25) is 14.4 Å². The lowest BCUT2D eigenvalue weighted by molar-refractivity contribution is -0.138. The second-order valence-electron chi connectivity index (χ2n) is 9.59. The van der Waals surface area contributed by atoms with Gasteiger partial charge in [0.25, 0.3) is 5.56 Å². The van der Waals surface area contributed by atoms with Gasteiger partial charge in [0, 0.05) is 17.8 Å². The molecular formula is C28H32FN3O4. The normalized spacial score (nSPS) is 12.9. The first-order chi connectivity index (χ1) is 17.0. The molecule has 0 aliphatic carbocycles. The third-order valence-corrected chi connectivity index (χ3v) is 6.07. The minimum atomic E-state index is -1.15. The van der Waals surface area contributed by atoms with E-state index in [0.29, 0.717) is 12.0 Å². The van der Waals surface area contributed by atoms with Crippen LogP contribution in [0, 0.1) is 32.5 Å². The van der Waals surface area contributed by atoms with Crippen LogP contribution in [0.4, 0.5) is 4.39 Å². The number of pyridine rings is 2. The second kappa shape index (κ2) is 11.3. The average Bonchev–Trinajstić information content (AvgIpc) is 2.78. The molecule has 0 spiro atoms. The van der Waals surface area contributed by atoms with Gasteiger partial charge in [0.15, 0.2) is 0 Å². The first-order valence-electron chi connectivity index (χ1n) is 11.9. The number of amides is 1. The van der Waals surface area contributed by atoms with Gasteiger partial charge in [0.2, 0.25) is 5.91 Å². The summed E-state index contributed by atoms with van der Waals surface area (Å²) in [7, 11) is 0. The molecule has 7 nitrogen and oxygen atoms in total. The Labute approximate surface area is 210 Å². The molecule has 3 aromatic rings. The summed E-state index contributed by atoms with van der Waals surface area (Å²) in [6.45, 7) is 9.37. The molecule has 190 valence electrons. The second-order valence-corrected chi connectivity index (χ2v) is 9.59. The molecule has 0 radical (unpaired) electrons. The predicted molar refractivity (Wildman–Crippen MR) is 136 cm³/mol. The summed E-state index contributed by atoms with van der Waals surface area (Å²) >= 11 is 0. The fraction of sp³-hybridized carbons (Fsp3) is 0.357. The molecule has 2 heterocycles. The minimum Gasteiger partial charge on any atom is -0.481 e. The van der Waals surface area contributed by atoms with E-state index in [1.165, 1.54) is 22.8 Å². The number of hydrogen-bond donors (Lipinski definition) is 2. The van der Waals surface area contributed by atoms with E-state index in [9.17, 15) is 23.9 Å². The van der Waals surface area contributed by atoms with Gasteiger partial charge in [0.1, 0.15) is 17.6 Å². The highest BCUT2D eigenvalue weighted by atomic mass is 19.1. The first kappa shape index (κ1) is 26.8. The van der Waals surface area contributed by atoms with Crippen LogP contribution in [0.25, 0.3) is 11.3 Å². The Morgan fingerprint density at radius 2 is 1.75 bits per heavy atom. The highest BCUT2D eigenvalue weighted by molar-refractivity contribution is 5.81. The van der Waals surface area contributed by atoms with E-state index in [-0.39, 0.29) is 22.9 Å². The molecule has 0 saturated heterocycles. The van der Waals surface area contributed by atoms with Gasteiger partial charge in [-0.2, -0.15) is 0 Å².